The molecule has 0 aliphatic carbocycles. The van der Waals surface area contributed by atoms with Gasteiger partial charge in [-0.05, 0) is 31.9 Å². The molecule has 0 spiro atoms. The third kappa shape index (κ3) is 2.72. The fourth-order valence-corrected chi connectivity index (χ4v) is 2.76. The van der Waals surface area contributed by atoms with Crippen LogP contribution < -0.4 is 0 Å². The van der Waals surface area contributed by atoms with E-state index in [1.165, 1.54) is 19.1 Å². The maximum Gasteiger partial charge on any atom is 0.322 e. The second-order valence-corrected chi connectivity index (χ2v) is 4.86. The van der Waals surface area contributed by atoms with Crippen LogP contribution in [0.3, 0.4) is 0 Å². The third-order valence-electron chi connectivity index (χ3n) is 3.77. The van der Waals surface area contributed by atoms with E-state index < -0.39 is 0 Å². The van der Waals surface area contributed by atoms with Crippen LogP contribution in [0.5, 0.6) is 0 Å². The van der Waals surface area contributed by atoms with Crippen molar-refractivity contribution in [1.82, 2.24) is 4.90 Å². The highest BCUT2D eigenvalue weighted by molar-refractivity contribution is 5.75. The van der Waals surface area contributed by atoms with Crippen LogP contribution in [-0.2, 0) is 9.53 Å². The summed E-state index contributed by atoms with van der Waals surface area (Å²) in [5.74, 6) is -0.141. The smallest absolute Gasteiger partial charge is 0.322 e. The number of likely N-dealkylation sites (tertiary alicyclic amines) is 1. The van der Waals surface area contributed by atoms with Crippen molar-refractivity contribution in [2.24, 2.45) is 0 Å². The number of rotatable bonds is 3. The second-order valence-electron chi connectivity index (χ2n) is 4.86. The Morgan fingerprint density at radius 2 is 2.06 bits per heavy atom. The number of hydrogen-bond donors (Lipinski definition) is 0. The molecule has 3 nitrogen and oxygen atoms in total. The molecule has 1 aromatic rings. The third-order valence-corrected chi connectivity index (χ3v) is 3.77. The molecule has 3 heteroatoms. The number of esters is 1. The van der Waals surface area contributed by atoms with E-state index >= 15 is 0 Å². The summed E-state index contributed by atoms with van der Waals surface area (Å²) in [6, 6.07) is 10.6. The van der Waals surface area contributed by atoms with E-state index in [2.05, 4.69) is 29.2 Å². The number of carbonyl (C=O) groups excluding carboxylic acids is 1. The fraction of sp³-hybridized carbons (Fsp3) is 0.533. The van der Waals surface area contributed by atoms with Crippen LogP contribution in [0.15, 0.2) is 30.3 Å². The summed E-state index contributed by atoms with van der Waals surface area (Å²) in [5, 5.41) is 0. The van der Waals surface area contributed by atoms with Crippen molar-refractivity contribution in [3.63, 3.8) is 0 Å². The molecule has 2 atom stereocenters. The average molecular weight is 247 g/mol. The quantitative estimate of drug-likeness (QED) is 0.769. The van der Waals surface area contributed by atoms with Gasteiger partial charge in [0.05, 0.1) is 7.11 Å². The number of benzene rings is 1. The first-order valence-corrected chi connectivity index (χ1v) is 6.62. The molecule has 1 aromatic carbocycles. The van der Waals surface area contributed by atoms with E-state index in [1.54, 1.807) is 0 Å². The molecule has 0 aromatic heterocycles. The zero-order chi connectivity index (χ0) is 13.0. The summed E-state index contributed by atoms with van der Waals surface area (Å²) in [7, 11) is 1.46. The predicted molar refractivity (Wildman–Crippen MR) is 71.2 cm³/mol. The van der Waals surface area contributed by atoms with E-state index in [1.807, 2.05) is 13.0 Å². The molecule has 1 saturated heterocycles. The van der Waals surface area contributed by atoms with Gasteiger partial charge in [-0.2, -0.15) is 0 Å². The van der Waals surface area contributed by atoms with E-state index in [0.29, 0.717) is 6.04 Å². The fourth-order valence-electron chi connectivity index (χ4n) is 2.76. The second kappa shape index (κ2) is 6.01. The molecular formula is C15H21NO2. The Balaban J connectivity index is 2.18. The van der Waals surface area contributed by atoms with Gasteiger partial charge in [0.15, 0.2) is 0 Å². The van der Waals surface area contributed by atoms with Gasteiger partial charge in [0, 0.05) is 6.04 Å². The molecule has 1 fully saturated rings. The van der Waals surface area contributed by atoms with Crippen LogP contribution in [0.2, 0.25) is 0 Å². The van der Waals surface area contributed by atoms with Gasteiger partial charge in [0.25, 0.3) is 0 Å². The van der Waals surface area contributed by atoms with Gasteiger partial charge in [0.2, 0.25) is 0 Å². The Morgan fingerprint density at radius 1 is 1.33 bits per heavy atom. The van der Waals surface area contributed by atoms with Crippen LogP contribution >= 0.6 is 0 Å². The van der Waals surface area contributed by atoms with Crippen molar-refractivity contribution >= 4 is 5.97 Å². The Labute approximate surface area is 109 Å². The summed E-state index contributed by atoms with van der Waals surface area (Å²) in [6.45, 7) is 2.91. The van der Waals surface area contributed by atoms with Crippen LogP contribution in [0, 0.1) is 0 Å². The molecular weight excluding hydrogens is 226 g/mol. The Hall–Kier alpha value is -1.35. The maximum absolute atomic E-state index is 11.7. The van der Waals surface area contributed by atoms with Crippen molar-refractivity contribution in [3.05, 3.63) is 35.9 Å². The molecule has 0 saturated carbocycles. The molecule has 2 unspecified atom stereocenters. The first-order chi connectivity index (χ1) is 8.74. The summed E-state index contributed by atoms with van der Waals surface area (Å²) in [6.07, 6.45) is 3.50. The highest BCUT2D eigenvalue weighted by Gasteiger charge is 2.31. The molecule has 0 bridgehead atoms. The van der Waals surface area contributed by atoms with Crippen LogP contribution in [0.1, 0.15) is 37.8 Å². The molecule has 1 heterocycles. The lowest BCUT2D eigenvalue weighted by atomic mass is 9.94. The lowest BCUT2D eigenvalue weighted by Crippen LogP contribution is -2.44. The molecule has 1 aliphatic rings. The molecule has 0 radical (unpaired) electrons. The first kappa shape index (κ1) is 13.1. The minimum atomic E-state index is -0.166. The van der Waals surface area contributed by atoms with Gasteiger partial charge in [-0.3, -0.25) is 9.69 Å². The Morgan fingerprint density at radius 3 is 2.72 bits per heavy atom. The van der Waals surface area contributed by atoms with Gasteiger partial charge in [-0.15, -0.1) is 0 Å². The number of methoxy groups -OCH3 is 1. The number of nitrogens with zero attached hydrogens (tertiary/aromatic N) is 1. The van der Waals surface area contributed by atoms with Gasteiger partial charge in [0.1, 0.15) is 6.04 Å². The number of piperidine rings is 1. The van der Waals surface area contributed by atoms with Crippen molar-refractivity contribution in [1.29, 1.82) is 0 Å². The lowest BCUT2D eigenvalue weighted by Gasteiger charge is -2.38. The van der Waals surface area contributed by atoms with E-state index in [4.69, 9.17) is 4.74 Å². The van der Waals surface area contributed by atoms with E-state index in [-0.39, 0.29) is 12.0 Å². The van der Waals surface area contributed by atoms with Crippen molar-refractivity contribution < 1.29 is 9.53 Å². The van der Waals surface area contributed by atoms with Gasteiger partial charge in [-0.1, -0.05) is 36.8 Å². The topological polar surface area (TPSA) is 29.5 Å². The minimum absolute atomic E-state index is 0.141. The average Bonchev–Trinajstić information content (AvgIpc) is 2.46. The molecule has 18 heavy (non-hydrogen) atoms. The summed E-state index contributed by atoms with van der Waals surface area (Å²) in [4.78, 5) is 14.0. The standard InChI is InChI=1S/C15H21NO2/c1-12(15(17)18-2)16-11-7-6-10-14(16)13-8-4-3-5-9-13/h3-5,8-9,12,14H,6-7,10-11H2,1-2H3. The van der Waals surface area contributed by atoms with Crippen molar-refractivity contribution in [2.45, 2.75) is 38.3 Å². The molecule has 98 valence electrons. The van der Waals surface area contributed by atoms with E-state index in [9.17, 15) is 4.79 Å². The number of hydrogen-bond acceptors (Lipinski definition) is 3. The van der Waals surface area contributed by atoms with Crippen molar-refractivity contribution in [2.75, 3.05) is 13.7 Å². The Bertz CT molecular complexity index is 391. The molecule has 0 amide bonds. The van der Waals surface area contributed by atoms with Gasteiger partial charge >= 0.3 is 5.97 Å². The summed E-state index contributed by atoms with van der Waals surface area (Å²) in [5.41, 5.74) is 1.30. The first-order valence-electron chi connectivity index (χ1n) is 6.62. The maximum atomic E-state index is 11.7. The molecule has 1 aliphatic heterocycles. The zero-order valence-corrected chi connectivity index (χ0v) is 11.1. The zero-order valence-electron chi connectivity index (χ0n) is 11.1. The highest BCUT2D eigenvalue weighted by atomic mass is 16.5. The van der Waals surface area contributed by atoms with Crippen molar-refractivity contribution in [3.8, 4) is 0 Å². The van der Waals surface area contributed by atoms with Gasteiger partial charge < -0.3 is 4.74 Å². The highest BCUT2D eigenvalue weighted by Crippen LogP contribution is 2.32. The van der Waals surface area contributed by atoms with Crippen LogP contribution in [-0.4, -0.2) is 30.6 Å². The number of ether oxygens (including phenoxy) is 1. The van der Waals surface area contributed by atoms with E-state index in [0.717, 1.165) is 19.4 Å². The van der Waals surface area contributed by atoms with Gasteiger partial charge in [-0.25, -0.2) is 0 Å². The predicted octanol–water partition coefficient (Wildman–Crippen LogP) is 2.78. The number of carbonyl (C=O) groups is 1. The molecule has 0 N–H and O–H groups in total. The molecule has 2 rings (SSSR count). The SMILES string of the molecule is COC(=O)C(C)N1CCCCC1c1ccccc1. The summed E-state index contributed by atoms with van der Waals surface area (Å²) >= 11 is 0. The lowest BCUT2D eigenvalue weighted by molar-refractivity contribution is -0.148. The van der Waals surface area contributed by atoms with Crippen LogP contribution in [0.4, 0.5) is 0 Å². The Kier molecular flexibility index (Phi) is 4.37. The largest absolute Gasteiger partial charge is 0.468 e. The normalized spacial score (nSPS) is 22.4. The summed E-state index contributed by atoms with van der Waals surface area (Å²) < 4.78 is 4.87. The monoisotopic (exact) mass is 247 g/mol. The van der Waals surface area contributed by atoms with Crippen LogP contribution in [0.25, 0.3) is 0 Å². The minimum Gasteiger partial charge on any atom is -0.468 e.